The van der Waals surface area contributed by atoms with Gasteiger partial charge >= 0.3 is 6.18 Å². The molecule has 0 spiro atoms. The van der Waals surface area contributed by atoms with E-state index in [9.17, 15) is 18.0 Å². The molecule has 1 aromatic heterocycles. The molecule has 0 unspecified atom stereocenters. The Kier molecular flexibility index (Phi) is 4.82. The highest BCUT2D eigenvalue weighted by Crippen LogP contribution is 2.40. The highest BCUT2D eigenvalue weighted by atomic mass is 19.4. The van der Waals surface area contributed by atoms with E-state index in [1.165, 1.54) is 17.0 Å². The standard InChI is InChI=1S/C20H24F3N3O/c1-19(2,3)26-17(11-16(24-26)14-7-8-14)18(27)25(4)12-13-5-9-15(10-6-13)20(21,22)23/h5-6,9-11,14H,7-8,12H2,1-4H3. The van der Waals surface area contributed by atoms with Gasteiger partial charge in [0.15, 0.2) is 0 Å². The number of rotatable bonds is 4. The van der Waals surface area contributed by atoms with Crippen LogP contribution in [0.4, 0.5) is 13.2 Å². The molecule has 0 saturated heterocycles. The fraction of sp³-hybridized carbons (Fsp3) is 0.500. The van der Waals surface area contributed by atoms with E-state index in [0.29, 0.717) is 17.2 Å². The molecule has 1 aromatic carbocycles. The number of halogens is 3. The van der Waals surface area contributed by atoms with Crippen LogP contribution in [0.2, 0.25) is 0 Å². The zero-order valence-corrected chi connectivity index (χ0v) is 16.0. The lowest BCUT2D eigenvalue weighted by molar-refractivity contribution is -0.137. The molecule has 1 heterocycles. The summed E-state index contributed by atoms with van der Waals surface area (Å²) in [6, 6.07) is 6.75. The van der Waals surface area contributed by atoms with Crippen molar-refractivity contribution in [2.45, 2.75) is 57.8 Å². The van der Waals surface area contributed by atoms with Gasteiger partial charge in [-0.25, -0.2) is 0 Å². The largest absolute Gasteiger partial charge is 0.416 e. The molecule has 0 aliphatic heterocycles. The smallest absolute Gasteiger partial charge is 0.336 e. The summed E-state index contributed by atoms with van der Waals surface area (Å²) in [5.41, 5.74) is 1.06. The second-order valence-corrected chi connectivity index (χ2v) is 8.17. The summed E-state index contributed by atoms with van der Waals surface area (Å²) in [4.78, 5) is 14.5. The molecule has 0 bridgehead atoms. The van der Waals surface area contributed by atoms with Gasteiger partial charge in [-0.3, -0.25) is 9.48 Å². The monoisotopic (exact) mass is 379 g/mol. The normalized spacial score (nSPS) is 15.1. The maximum atomic E-state index is 13.0. The number of aromatic nitrogens is 2. The second-order valence-electron chi connectivity index (χ2n) is 8.17. The number of hydrogen-bond donors (Lipinski definition) is 0. The Morgan fingerprint density at radius 3 is 2.26 bits per heavy atom. The van der Waals surface area contributed by atoms with Crippen LogP contribution in [0.15, 0.2) is 30.3 Å². The van der Waals surface area contributed by atoms with Crippen molar-refractivity contribution in [1.29, 1.82) is 0 Å². The van der Waals surface area contributed by atoms with E-state index < -0.39 is 11.7 Å². The molecule has 0 atom stereocenters. The van der Waals surface area contributed by atoms with Crippen molar-refractivity contribution in [3.8, 4) is 0 Å². The summed E-state index contributed by atoms with van der Waals surface area (Å²) in [5, 5.41) is 4.64. The Hall–Kier alpha value is -2.31. The number of carbonyl (C=O) groups is 1. The van der Waals surface area contributed by atoms with Crippen LogP contribution in [0.5, 0.6) is 0 Å². The molecule has 2 aromatic rings. The quantitative estimate of drug-likeness (QED) is 0.765. The highest BCUT2D eigenvalue weighted by molar-refractivity contribution is 5.92. The Balaban J connectivity index is 1.79. The Labute approximate surface area is 157 Å². The molecule has 1 amide bonds. The van der Waals surface area contributed by atoms with Crippen LogP contribution in [0.25, 0.3) is 0 Å². The first-order valence-electron chi connectivity index (χ1n) is 8.99. The van der Waals surface area contributed by atoms with Crippen molar-refractivity contribution in [1.82, 2.24) is 14.7 Å². The Morgan fingerprint density at radius 1 is 1.19 bits per heavy atom. The molecule has 4 nitrogen and oxygen atoms in total. The minimum Gasteiger partial charge on any atom is -0.336 e. The molecular weight excluding hydrogens is 355 g/mol. The van der Waals surface area contributed by atoms with E-state index in [1.807, 2.05) is 26.8 Å². The zero-order chi connectivity index (χ0) is 20.0. The van der Waals surface area contributed by atoms with Gasteiger partial charge in [-0.1, -0.05) is 12.1 Å². The van der Waals surface area contributed by atoms with Gasteiger partial charge in [0.25, 0.3) is 5.91 Å². The zero-order valence-electron chi connectivity index (χ0n) is 16.0. The molecule has 27 heavy (non-hydrogen) atoms. The Bertz CT molecular complexity index is 828. The second kappa shape index (κ2) is 6.69. The SMILES string of the molecule is CN(Cc1ccc(C(F)(F)F)cc1)C(=O)c1cc(C2CC2)nn1C(C)(C)C. The van der Waals surface area contributed by atoms with Crippen molar-refractivity contribution in [3.63, 3.8) is 0 Å². The lowest BCUT2D eigenvalue weighted by atomic mass is 10.1. The Morgan fingerprint density at radius 2 is 1.78 bits per heavy atom. The first kappa shape index (κ1) is 19.5. The van der Waals surface area contributed by atoms with Crippen molar-refractivity contribution in [3.05, 3.63) is 52.8 Å². The van der Waals surface area contributed by atoms with Gasteiger partial charge < -0.3 is 4.90 Å². The first-order valence-corrected chi connectivity index (χ1v) is 8.99. The maximum Gasteiger partial charge on any atom is 0.416 e. The van der Waals surface area contributed by atoms with Crippen molar-refractivity contribution < 1.29 is 18.0 Å². The van der Waals surface area contributed by atoms with Crippen molar-refractivity contribution >= 4 is 5.91 Å². The van der Waals surface area contributed by atoms with Crippen LogP contribution < -0.4 is 0 Å². The molecule has 1 aliphatic rings. The molecule has 1 aliphatic carbocycles. The third kappa shape index (κ3) is 4.34. The predicted molar refractivity (Wildman–Crippen MR) is 96.4 cm³/mol. The highest BCUT2D eigenvalue weighted by Gasteiger charge is 2.32. The molecule has 7 heteroatoms. The van der Waals surface area contributed by atoms with Gasteiger partial charge in [0.1, 0.15) is 5.69 Å². The minimum absolute atomic E-state index is 0.191. The topological polar surface area (TPSA) is 38.1 Å². The molecule has 3 rings (SSSR count). The number of amides is 1. The van der Waals surface area contributed by atoms with E-state index in [2.05, 4.69) is 5.10 Å². The number of carbonyl (C=O) groups excluding carboxylic acids is 1. The van der Waals surface area contributed by atoms with Crippen LogP contribution in [0.1, 0.15) is 66.8 Å². The number of benzene rings is 1. The van der Waals surface area contributed by atoms with E-state index in [1.54, 1.807) is 11.7 Å². The van der Waals surface area contributed by atoms with Crippen LogP contribution in [-0.2, 0) is 18.3 Å². The van der Waals surface area contributed by atoms with E-state index in [4.69, 9.17) is 0 Å². The predicted octanol–water partition coefficient (Wildman–Crippen LogP) is 4.81. The maximum absolute atomic E-state index is 13.0. The third-order valence-corrected chi connectivity index (χ3v) is 4.63. The average molecular weight is 379 g/mol. The van der Waals surface area contributed by atoms with Gasteiger partial charge in [-0.15, -0.1) is 0 Å². The van der Waals surface area contributed by atoms with E-state index >= 15 is 0 Å². The lowest BCUT2D eigenvalue weighted by Crippen LogP contribution is -2.33. The molecule has 1 saturated carbocycles. The molecule has 0 N–H and O–H groups in total. The summed E-state index contributed by atoms with van der Waals surface area (Å²) in [5.74, 6) is 0.240. The molecular formula is C20H24F3N3O. The fourth-order valence-electron chi connectivity index (χ4n) is 2.98. The summed E-state index contributed by atoms with van der Waals surface area (Å²) in [6.45, 7) is 6.20. The summed E-state index contributed by atoms with van der Waals surface area (Å²) in [6.07, 6.45) is -2.18. The minimum atomic E-state index is -4.36. The van der Waals surface area contributed by atoms with Crippen molar-refractivity contribution in [2.75, 3.05) is 7.05 Å². The van der Waals surface area contributed by atoms with Crippen LogP contribution in [0.3, 0.4) is 0 Å². The summed E-state index contributed by atoms with van der Waals surface area (Å²) < 4.78 is 39.8. The first-order chi connectivity index (χ1) is 12.5. The molecule has 0 radical (unpaired) electrons. The van der Waals surface area contributed by atoms with Gasteiger partial charge in [0.05, 0.1) is 16.8 Å². The van der Waals surface area contributed by atoms with Gasteiger partial charge in [-0.2, -0.15) is 18.3 Å². The van der Waals surface area contributed by atoms with Crippen molar-refractivity contribution in [2.24, 2.45) is 0 Å². The number of nitrogens with zero attached hydrogens (tertiary/aromatic N) is 3. The van der Waals surface area contributed by atoms with Gasteiger partial charge in [0.2, 0.25) is 0 Å². The van der Waals surface area contributed by atoms with E-state index in [0.717, 1.165) is 30.7 Å². The summed E-state index contributed by atoms with van der Waals surface area (Å²) >= 11 is 0. The van der Waals surface area contributed by atoms with Gasteiger partial charge in [-0.05, 0) is 57.4 Å². The number of alkyl halides is 3. The van der Waals surface area contributed by atoms with Crippen LogP contribution >= 0.6 is 0 Å². The third-order valence-electron chi connectivity index (χ3n) is 4.63. The summed E-state index contributed by atoms with van der Waals surface area (Å²) in [7, 11) is 1.65. The lowest BCUT2D eigenvalue weighted by Gasteiger charge is -2.24. The number of hydrogen-bond acceptors (Lipinski definition) is 2. The van der Waals surface area contributed by atoms with Crippen LogP contribution in [-0.4, -0.2) is 27.6 Å². The molecule has 1 fully saturated rings. The fourth-order valence-corrected chi connectivity index (χ4v) is 2.98. The van der Waals surface area contributed by atoms with E-state index in [-0.39, 0.29) is 18.0 Å². The average Bonchev–Trinajstić information content (AvgIpc) is 3.31. The van der Waals surface area contributed by atoms with Crippen LogP contribution in [0, 0.1) is 0 Å². The van der Waals surface area contributed by atoms with Gasteiger partial charge in [0, 0.05) is 19.5 Å². The molecule has 146 valence electrons.